The molecular formula is C32H30O10. The first-order valence-electron chi connectivity index (χ1n) is 13.1. The van der Waals surface area contributed by atoms with Crippen LogP contribution in [0.2, 0.25) is 0 Å². The third-order valence-corrected chi connectivity index (χ3v) is 6.57. The first kappa shape index (κ1) is 30.2. The Labute approximate surface area is 242 Å². The normalized spacial score (nSPS) is 21.4. The molecule has 1 aliphatic rings. The first-order valence-corrected chi connectivity index (χ1v) is 13.1. The Balaban J connectivity index is 1.66. The Hall–Kier alpha value is -4.80. The van der Waals surface area contributed by atoms with Gasteiger partial charge in [-0.15, -0.1) is 0 Å². The molecule has 5 atom stereocenters. The van der Waals surface area contributed by atoms with Crippen molar-refractivity contribution in [3.8, 4) is 0 Å². The molecular weight excluding hydrogens is 544 g/mol. The van der Waals surface area contributed by atoms with E-state index in [1.807, 2.05) is 0 Å². The van der Waals surface area contributed by atoms with Crippen molar-refractivity contribution in [3.05, 3.63) is 120 Å². The van der Waals surface area contributed by atoms with Crippen LogP contribution in [0.25, 0.3) is 0 Å². The van der Waals surface area contributed by atoms with E-state index in [0.29, 0.717) is 0 Å². The standard InChI is InChI=1S/C32H30O10/c1-20(29(34)38-2)18-24-26(33)28(42-32(37)23-16-10-5-11-17-23)27(41-31(36)22-14-8-4-9-15-22)25(40-24)19-39-30(35)21-12-6-3-7-13-21/h3-17,24-28,33H,1,18-19H2,2H3/t24-,25-,26+,27-,28-/m1/s1. The average Bonchev–Trinajstić information content (AvgIpc) is 3.03. The third kappa shape index (κ3) is 7.48. The predicted molar refractivity (Wildman–Crippen MR) is 148 cm³/mol. The van der Waals surface area contributed by atoms with Gasteiger partial charge in [0.05, 0.1) is 29.9 Å². The Morgan fingerprint density at radius 1 is 0.714 bits per heavy atom. The van der Waals surface area contributed by atoms with Gasteiger partial charge in [-0.1, -0.05) is 61.2 Å². The maximum Gasteiger partial charge on any atom is 0.338 e. The summed E-state index contributed by atoms with van der Waals surface area (Å²) in [4.78, 5) is 51.1. The van der Waals surface area contributed by atoms with Crippen molar-refractivity contribution in [1.82, 2.24) is 0 Å². The molecule has 0 spiro atoms. The Morgan fingerprint density at radius 3 is 1.64 bits per heavy atom. The van der Waals surface area contributed by atoms with Crippen molar-refractivity contribution in [3.63, 3.8) is 0 Å². The first-order chi connectivity index (χ1) is 20.3. The smallest absolute Gasteiger partial charge is 0.338 e. The SMILES string of the molecule is C=C(C[C@H]1O[C@H](COC(=O)c2ccccc2)[C@@H](OC(=O)c2ccccc2)[C@H](OC(=O)c2ccccc2)[C@H]1O)C(=O)OC. The molecule has 1 aliphatic heterocycles. The van der Waals surface area contributed by atoms with Crippen LogP contribution in [0.3, 0.4) is 0 Å². The summed E-state index contributed by atoms with van der Waals surface area (Å²) in [6.45, 7) is 3.25. The molecule has 1 fully saturated rings. The number of esters is 4. The largest absolute Gasteiger partial charge is 0.466 e. The second-order valence-corrected chi connectivity index (χ2v) is 9.44. The van der Waals surface area contributed by atoms with E-state index in [1.54, 1.807) is 66.7 Å². The number of aliphatic hydroxyl groups is 1. The van der Waals surface area contributed by atoms with Crippen molar-refractivity contribution in [2.75, 3.05) is 13.7 Å². The number of carbonyl (C=O) groups excluding carboxylic acids is 4. The number of ether oxygens (including phenoxy) is 5. The van der Waals surface area contributed by atoms with Crippen LogP contribution in [0, 0.1) is 0 Å². The van der Waals surface area contributed by atoms with E-state index in [9.17, 15) is 24.3 Å². The molecule has 0 bridgehead atoms. The molecule has 10 heteroatoms. The number of aliphatic hydroxyl groups excluding tert-OH is 1. The van der Waals surface area contributed by atoms with E-state index >= 15 is 0 Å². The van der Waals surface area contributed by atoms with Gasteiger partial charge in [0, 0.05) is 12.0 Å². The molecule has 0 unspecified atom stereocenters. The number of methoxy groups -OCH3 is 1. The summed E-state index contributed by atoms with van der Waals surface area (Å²) < 4.78 is 27.7. The van der Waals surface area contributed by atoms with Gasteiger partial charge in [-0.25, -0.2) is 19.2 Å². The van der Waals surface area contributed by atoms with Crippen LogP contribution in [0.4, 0.5) is 0 Å². The second-order valence-electron chi connectivity index (χ2n) is 9.44. The Morgan fingerprint density at radius 2 is 1.17 bits per heavy atom. The highest BCUT2D eigenvalue weighted by atomic mass is 16.6. The molecule has 1 heterocycles. The topological polar surface area (TPSA) is 135 Å². The van der Waals surface area contributed by atoms with E-state index in [-0.39, 0.29) is 28.7 Å². The van der Waals surface area contributed by atoms with Gasteiger partial charge in [-0.3, -0.25) is 0 Å². The third-order valence-electron chi connectivity index (χ3n) is 6.57. The average molecular weight is 575 g/mol. The number of hydrogen-bond acceptors (Lipinski definition) is 10. The molecule has 1 saturated heterocycles. The molecule has 3 aromatic carbocycles. The number of benzene rings is 3. The summed E-state index contributed by atoms with van der Waals surface area (Å²) in [5, 5.41) is 11.4. The number of rotatable bonds is 10. The van der Waals surface area contributed by atoms with Gasteiger partial charge in [-0.05, 0) is 36.4 Å². The predicted octanol–water partition coefficient (Wildman–Crippen LogP) is 3.54. The summed E-state index contributed by atoms with van der Waals surface area (Å²) in [6.07, 6.45) is -7.05. The summed E-state index contributed by atoms with van der Waals surface area (Å²) in [5.74, 6) is -2.98. The van der Waals surface area contributed by atoms with Gasteiger partial charge in [-0.2, -0.15) is 0 Å². The number of hydrogen-bond donors (Lipinski definition) is 1. The van der Waals surface area contributed by atoms with Gasteiger partial charge in [0.1, 0.15) is 18.8 Å². The number of carbonyl (C=O) groups is 4. The fourth-order valence-corrected chi connectivity index (χ4v) is 4.40. The summed E-state index contributed by atoms with van der Waals surface area (Å²) in [7, 11) is 1.18. The summed E-state index contributed by atoms with van der Waals surface area (Å²) in [5.41, 5.74) is 0.636. The van der Waals surface area contributed by atoms with E-state index in [1.165, 1.54) is 31.4 Å². The second kappa shape index (κ2) is 14.2. The van der Waals surface area contributed by atoms with Crippen molar-refractivity contribution < 1.29 is 48.0 Å². The Kier molecular flexibility index (Phi) is 10.2. The fraction of sp³-hybridized carbons (Fsp3) is 0.250. The zero-order valence-electron chi connectivity index (χ0n) is 22.8. The highest BCUT2D eigenvalue weighted by Gasteiger charge is 2.50. The fourth-order valence-electron chi connectivity index (χ4n) is 4.40. The lowest BCUT2D eigenvalue weighted by molar-refractivity contribution is -0.228. The maximum atomic E-state index is 13.1. The van der Waals surface area contributed by atoms with Gasteiger partial charge >= 0.3 is 23.9 Å². The van der Waals surface area contributed by atoms with Crippen molar-refractivity contribution >= 4 is 23.9 Å². The van der Waals surface area contributed by atoms with Crippen LogP contribution < -0.4 is 0 Å². The van der Waals surface area contributed by atoms with Crippen LogP contribution in [-0.4, -0.2) is 73.2 Å². The van der Waals surface area contributed by atoms with Crippen LogP contribution >= 0.6 is 0 Å². The van der Waals surface area contributed by atoms with Crippen LogP contribution in [0.5, 0.6) is 0 Å². The van der Waals surface area contributed by atoms with Crippen molar-refractivity contribution in [2.24, 2.45) is 0 Å². The molecule has 1 N–H and O–H groups in total. The monoisotopic (exact) mass is 574 g/mol. The van der Waals surface area contributed by atoms with Crippen LogP contribution in [0.1, 0.15) is 37.5 Å². The van der Waals surface area contributed by atoms with E-state index in [2.05, 4.69) is 6.58 Å². The molecule has 10 nitrogen and oxygen atoms in total. The summed E-state index contributed by atoms with van der Waals surface area (Å²) in [6, 6.07) is 24.3. The molecule has 0 radical (unpaired) electrons. The highest BCUT2D eigenvalue weighted by Crippen LogP contribution is 2.31. The van der Waals surface area contributed by atoms with E-state index in [0.717, 1.165) is 0 Å². The summed E-state index contributed by atoms with van der Waals surface area (Å²) >= 11 is 0. The highest BCUT2D eigenvalue weighted by molar-refractivity contribution is 5.91. The van der Waals surface area contributed by atoms with E-state index in [4.69, 9.17) is 23.7 Å². The van der Waals surface area contributed by atoms with Gasteiger partial charge < -0.3 is 28.8 Å². The van der Waals surface area contributed by atoms with Crippen molar-refractivity contribution in [1.29, 1.82) is 0 Å². The minimum Gasteiger partial charge on any atom is -0.466 e. The molecule has 3 aromatic rings. The molecule has 0 amide bonds. The van der Waals surface area contributed by atoms with E-state index < -0.39 is 61.0 Å². The lowest BCUT2D eigenvalue weighted by Gasteiger charge is -2.43. The minimum atomic E-state index is -1.58. The quantitative estimate of drug-likeness (QED) is 0.218. The van der Waals surface area contributed by atoms with Gasteiger partial charge in [0.15, 0.2) is 12.2 Å². The van der Waals surface area contributed by atoms with Gasteiger partial charge in [0.2, 0.25) is 0 Å². The lowest BCUT2D eigenvalue weighted by atomic mass is 9.91. The molecule has 218 valence electrons. The van der Waals surface area contributed by atoms with Crippen molar-refractivity contribution in [2.45, 2.75) is 36.9 Å². The molecule has 42 heavy (non-hydrogen) atoms. The minimum absolute atomic E-state index is 0.0190. The zero-order valence-corrected chi connectivity index (χ0v) is 22.8. The Bertz CT molecular complexity index is 1390. The molecule has 0 aliphatic carbocycles. The maximum absolute atomic E-state index is 13.1. The van der Waals surface area contributed by atoms with Gasteiger partial charge in [0.25, 0.3) is 0 Å². The molecule has 4 rings (SSSR count). The van der Waals surface area contributed by atoms with Crippen LogP contribution in [0.15, 0.2) is 103 Å². The zero-order chi connectivity index (χ0) is 30.1. The van der Waals surface area contributed by atoms with Crippen LogP contribution in [-0.2, 0) is 28.5 Å². The molecule has 0 aromatic heterocycles. The lowest BCUT2D eigenvalue weighted by Crippen LogP contribution is -2.61. The molecule has 0 saturated carbocycles.